The van der Waals surface area contributed by atoms with Crippen LogP contribution in [0.5, 0.6) is 0 Å². The van der Waals surface area contributed by atoms with E-state index in [1.807, 2.05) is 13.0 Å². The predicted molar refractivity (Wildman–Crippen MR) is 73.5 cm³/mol. The highest BCUT2D eigenvalue weighted by Crippen LogP contribution is 2.05. The van der Waals surface area contributed by atoms with Gasteiger partial charge in [0.1, 0.15) is 0 Å². The van der Waals surface area contributed by atoms with Gasteiger partial charge >= 0.3 is 5.97 Å². The number of hydrogen-bond donors (Lipinski definition) is 1. The van der Waals surface area contributed by atoms with Crippen molar-refractivity contribution in [3.8, 4) is 0 Å². The predicted octanol–water partition coefficient (Wildman–Crippen LogP) is 2.55. The Morgan fingerprint density at radius 3 is 2.61 bits per heavy atom. The lowest BCUT2D eigenvalue weighted by molar-refractivity contribution is -0.143. The molecule has 1 unspecified atom stereocenters. The number of ether oxygens (including phenoxy) is 1. The lowest BCUT2D eigenvalue weighted by atomic mass is 10.0. The Hall–Kier alpha value is -1.35. The SMILES string of the molecule is CCOC(=O)CCNC(CC)Cc1ccccc1. The van der Waals surface area contributed by atoms with E-state index in [-0.39, 0.29) is 5.97 Å². The number of hydrogen-bond acceptors (Lipinski definition) is 3. The maximum Gasteiger partial charge on any atom is 0.307 e. The molecular weight excluding hydrogens is 226 g/mol. The molecule has 0 spiro atoms. The highest BCUT2D eigenvalue weighted by molar-refractivity contribution is 5.69. The first kappa shape index (κ1) is 14.7. The summed E-state index contributed by atoms with van der Waals surface area (Å²) in [6.45, 7) is 5.13. The van der Waals surface area contributed by atoms with Crippen LogP contribution in [-0.4, -0.2) is 25.2 Å². The van der Waals surface area contributed by atoms with Gasteiger partial charge in [0.25, 0.3) is 0 Å². The summed E-state index contributed by atoms with van der Waals surface area (Å²) in [5.74, 6) is -0.125. The van der Waals surface area contributed by atoms with Crippen LogP contribution in [0.1, 0.15) is 32.3 Å². The van der Waals surface area contributed by atoms with Gasteiger partial charge in [-0.2, -0.15) is 0 Å². The van der Waals surface area contributed by atoms with Crippen LogP contribution in [0, 0.1) is 0 Å². The van der Waals surface area contributed by atoms with Crippen LogP contribution < -0.4 is 5.32 Å². The second-order valence-electron chi connectivity index (χ2n) is 4.30. The summed E-state index contributed by atoms with van der Waals surface area (Å²) < 4.78 is 4.90. The Bertz CT molecular complexity index is 338. The zero-order chi connectivity index (χ0) is 13.2. The fourth-order valence-electron chi connectivity index (χ4n) is 1.87. The number of nitrogens with one attached hydrogen (secondary N) is 1. The minimum atomic E-state index is -0.125. The van der Waals surface area contributed by atoms with Gasteiger partial charge in [-0.15, -0.1) is 0 Å². The van der Waals surface area contributed by atoms with E-state index in [1.54, 1.807) is 0 Å². The molecule has 0 aliphatic heterocycles. The first-order chi connectivity index (χ1) is 8.76. The van der Waals surface area contributed by atoms with E-state index in [4.69, 9.17) is 4.74 Å². The Labute approximate surface area is 110 Å². The topological polar surface area (TPSA) is 38.3 Å². The van der Waals surface area contributed by atoms with E-state index in [0.29, 0.717) is 25.6 Å². The molecule has 0 saturated carbocycles. The molecule has 1 atom stereocenters. The Balaban J connectivity index is 2.28. The Morgan fingerprint density at radius 2 is 2.00 bits per heavy atom. The summed E-state index contributed by atoms with van der Waals surface area (Å²) in [7, 11) is 0. The maximum absolute atomic E-state index is 11.2. The van der Waals surface area contributed by atoms with Gasteiger partial charge in [0.15, 0.2) is 0 Å². The second kappa shape index (κ2) is 8.70. The molecule has 0 aliphatic carbocycles. The molecule has 1 rings (SSSR count). The molecule has 3 heteroatoms. The molecule has 0 heterocycles. The molecule has 0 radical (unpaired) electrons. The Kier molecular flexibility index (Phi) is 7.11. The highest BCUT2D eigenvalue weighted by atomic mass is 16.5. The quantitative estimate of drug-likeness (QED) is 0.720. The number of carbonyl (C=O) groups excluding carboxylic acids is 1. The molecule has 1 aromatic rings. The molecule has 1 aromatic carbocycles. The fraction of sp³-hybridized carbons (Fsp3) is 0.533. The van der Waals surface area contributed by atoms with Gasteiger partial charge in [0, 0.05) is 12.6 Å². The van der Waals surface area contributed by atoms with E-state index in [9.17, 15) is 4.79 Å². The van der Waals surface area contributed by atoms with E-state index in [1.165, 1.54) is 5.56 Å². The summed E-state index contributed by atoms with van der Waals surface area (Å²) >= 11 is 0. The summed E-state index contributed by atoms with van der Waals surface area (Å²) in [5, 5.41) is 3.41. The molecule has 0 saturated heterocycles. The van der Waals surface area contributed by atoms with Gasteiger partial charge in [-0.3, -0.25) is 4.79 Å². The average molecular weight is 249 g/mol. The van der Waals surface area contributed by atoms with Crippen molar-refractivity contribution >= 4 is 5.97 Å². The first-order valence-corrected chi connectivity index (χ1v) is 6.69. The highest BCUT2D eigenvalue weighted by Gasteiger charge is 2.08. The van der Waals surface area contributed by atoms with Crippen molar-refractivity contribution in [2.24, 2.45) is 0 Å². The third-order valence-corrected chi connectivity index (χ3v) is 2.89. The minimum Gasteiger partial charge on any atom is -0.466 e. The van der Waals surface area contributed by atoms with Crippen LogP contribution in [0.2, 0.25) is 0 Å². The molecular formula is C15H23NO2. The van der Waals surface area contributed by atoms with Crippen molar-refractivity contribution in [1.82, 2.24) is 5.32 Å². The summed E-state index contributed by atoms with van der Waals surface area (Å²) in [6.07, 6.45) is 2.50. The fourth-order valence-corrected chi connectivity index (χ4v) is 1.87. The van der Waals surface area contributed by atoms with Gasteiger partial charge in [-0.25, -0.2) is 0 Å². The second-order valence-corrected chi connectivity index (χ2v) is 4.30. The van der Waals surface area contributed by atoms with Crippen LogP contribution in [0.3, 0.4) is 0 Å². The largest absolute Gasteiger partial charge is 0.466 e. The zero-order valence-electron chi connectivity index (χ0n) is 11.3. The smallest absolute Gasteiger partial charge is 0.307 e. The third kappa shape index (κ3) is 5.82. The van der Waals surface area contributed by atoms with Gasteiger partial charge in [0.05, 0.1) is 13.0 Å². The summed E-state index contributed by atoms with van der Waals surface area (Å²) in [4.78, 5) is 11.2. The minimum absolute atomic E-state index is 0.125. The van der Waals surface area contributed by atoms with Gasteiger partial charge in [-0.1, -0.05) is 37.3 Å². The summed E-state index contributed by atoms with van der Waals surface area (Å²) in [6, 6.07) is 10.8. The average Bonchev–Trinajstić information content (AvgIpc) is 2.39. The van der Waals surface area contributed by atoms with Crippen molar-refractivity contribution in [2.75, 3.05) is 13.2 Å². The normalized spacial score (nSPS) is 12.1. The molecule has 0 fully saturated rings. The maximum atomic E-state index is 11.2. The van der Waals surface area contributed by atoms with Crippen molar-refractivity contribution in [3.05, 3.63) is 35.9 Å². The van der Waals surface area contributed by atoms with Gasteiger partial charge in [0.2, 0.25) is 0 Å². The summed E-state index contributed by atoms with van der Waals surface area (Å²) in [5.41, 5.74) is 1.33. The van der Waals surface area contributed by atoms with Gasteiger partial charge in [-0.05, 0) is 25.3 Å². The molecule has 18 heavy (non-hydrogen) atoms. The molecule has 1 N–H and O–H groups in total. The van der Waals surface area contributed by atoms with Crippen molar-refractivity contribution in [3.63, 3.8) is 0 Å². The lowest BCUT2D eigenvalue weighted by Gasteiger charge is -2.16. The third-order valence-electron chi connectivity index (χ3n) is 2.89. The van der Waals surface area contributed by atoms with Crippen molar-refractivity contribution in [2.45, 2.75) is 39.2 Å². The van der Waals surface area contributed by atoms with Crippen LogP contribution in [0.15, 0.2) is 30.3 Å². The molecule has 3 nitrogen and oxygen atoms in total. The first-order valence-electron chi connectivity index (χ1n) is 6.69. The number of rotatable bonds is 8. The van der Waals surface area contributed by atoms with Crippen LogP contribution in [-0.2, 0) is 16.0 Å². The number of benzene rings is 1. The van der Waals surface area contributed by atoms with Crippen LogP contribution in [0.4, 0.5) is 0 Å². The van der Waals surface area contributed by atoms with E-state index in [0.717, 1.165) is 12.8 Å². The standard InChI is InChI=1S/C15H23NO2/c1-3-14(12-13-8-6-5-7-9-13)16-11-10-15(17)18-4-2/h5-9,14,16H,3-4,10-12H2,1-2H3. The number of carbonyl (C=O) groups is 1. The van der Waals surface area contributed by atoms with E-state index in [2.05, 4.69) is 36.5 Å². The van der Waals surface area contributed by atoms with Crippen molar-refractivity contribution < 1.29 is 9.53 Å². The monoisotopic (exact) mass is 249 g/mol. The zero-order valence-corrected chi connectivity index (χ0v) is 11.3. The molecule has 0 aromatic heterocycles. The van der Waals surface area contributed by atoms with E-state index >= 15 is 0 Å². The molecule has 100 valence electrons. The van der Waals surface area contributed by atoms with Crippen LogP contribution >= 0.6 is 0 Å². The van der Waals surface area contributed by atoms with E-state index < -0.39 is 0 Å². The Morgan fingerprint density at radius 1 is 1.28 bits per heavy atom. The van der Waals surface area contributed by atoms with Crippen molar-refractivity contribution in [1.29, 1.82) is 0 Å². The number of esters is 1. The molecule has 0 aliphatic rings. The molecule has 0 bridgehead atoms. The van der Waals surface area contributed by atoms with Gasteiger partial charge < -0.3 is 10.1 Å². The van der Waals surface area contributed by atoms with Crippen LogP contribution in [0.25, 0.3) is 0 Å². The lowest BCUT2D eigenvalue weighted by Crippen LogP contribution is -2.32. The molecule has 0 amide bonds.